The predicted molar refractivity (Wildman–Crippen MR) is 63.9 cm³/mol. The summed E-state index contributed by atoms with van der Waals surface area (Å²) in [7, 11) is 0. The zero-order valence-electron chi connectivity index (χ0n) is 9.29. The first-order valence-electron chi connectivity index (χ1n) is 5.21. The van der Waals surface area contributed by atoms with Gasteiger partial charge in [-0.3, -0.25) is 0 Å². The second kappa shape index (κ2) is 6.73. The van der Waals surface area contributed by atoms with Crippen LogP contribution in [0.25, 0.3) is 0 Å². The van der Waals surface area contributed by atoms with Gasteiger partial charge in [-0.05, 0) is 37.6 Å². The highest BCUT2D eigenvalue weighted by Gasteiger charge is 1.98. The molecule has 0 spiro atoms. The van der Waals surface area contributed by atoms with Crippen LogP contribution in [0.1, 0.15) is 26.7 Å². The second-order valence-corrected chi connectivity index (χ2v) is 3.09. The molecule has 0 unspecified atom stereocenters. The Labute approximate surface area is 91.8 Å². The van der Waals surface area contributed by atoms with Crippen molar-refractivity contribution in [1.82, 2.24) is 0 Å². The fourth-order valence-corrected chi connectivity index (χ4v) is 1.10. The van der Waals surface area contributed by atoms with Crippen LogP contribution in [0, 0.1) is 11.8 Å². The van der Waals surface area contributed by atoms with Gasteiger partial charge in [0.1, 0.15) is 11.5 Å². The molecule has 78 valence electrons. The SMILES string of the molecule is C/C=C(\C=C/CC)OC1=CC=CC#CC1. The summed E-state index contributed by atoms with van der Waals surface area (Å²) in [5.41, 5.74) is 0. The van der Waals surface area contributed by atoms with Crippen LogP contribution in [0.5, 0.6) is 0 Å². The standard InChI is InChI=1S/C14H16O/c1-3-5-10-13(4-2)15-14-11-8-6-7-9-12-14/h4-6,8,10-11H,3,12H2,1-2H3/b10-5-,13-4+. The molecule has 0 aromatic carbocycles. The summed E-state index contributed by atoms with van der Waals surface area (Å²) in [5, 5.41) is 0. The average Bonchev–Trinajstić information content (AvgIpc) is 2.52. The van der Waals surface area contributed by atoms with Crippen molar-refractivity contribution in [3.05, 3.63) is 48.0 Å². The molecule has 0 fully saturated rings. The first-order chi connectivity index (χ1) is 7.36. The largest absolute Gasteiger partial charge is 0.461 e. The molecule has 0 aromatic rings. The van der Waals surface area contributed by atoms with Gasteiger partial charge in [0.05, 0.1) is 6.42 Å². The molecule has 0 saturated heterocycles. The number of hydrogen-bond donors (Lipinski definition) is 0. The Balaban J connectivity index is 2.61. The molecule has 0 aromatic heterocycles. The molecule has 1 heteroatoms. The lowest BCUT2D eigenvalue weighted by Crippen LogP contribution is -1.90. The van der Waals surface area contributed by atoms with E-state index in [9.17, 15) is 0 Å². The van der Waals surface area contributed by atoms with Crippen molar-refractivity contribution in [3.63, 3.8) is 0 Å². The molecule has 0 N–H and O–H groups in total. The minimum Gasteiger partial charge on any atom is -0.461 e. The minimum absolute atomic E-state index is 0.671. The van der Waals surface area contributed by atoms with Crippen LogP contribution in [-0.4, -0.2) is 0 Å². The first kappa shape index (κ1) is 11.4. The number of rotatable bonds is 4. The van der Waals surface area contributed by atoms with Crippen molar-refractivity contribution in [3.8, 4) is 11.8 Å². The van der Waals surface area contributed by atoms with Crippen LogP contribution in [0.2, 0.25) is 0 Å². The van der Waals surface area contributed by atoms with Gasteiger partial charge in [-0.15, -0.1) is 0 Å². The second-order valence-electron chi connectivity index (χ2n) is 3.09. The normalized spacial score (nSPS) is 15.6. The third kappa shape index (κ3) is 4.37. The van der Waals surface area contributed by atoms with E-state index in [0.717, 1.165) is 17.9 Å². The molecular weight excluding hydrogens is 184 g/mol. The zero-order chi connectivity index (χ0) is 10.9. The van der Waals surface area contributed by atoms with Gasteiger partial charge in [-0.2, -0.15) is 0 Å². The summed E-state index contributed by atoms with van der Waals surface area (Å²) in [6.45, 7) is 4.07. The molecule has 1 nitrogen and oxygen atoms in total. The molecule has 0 bridgehead atoms. The van der Waals surface area contributed by atoms with Gasteiger partial charge in [-0.1, -0.05) is 30.9 Å². The Morgan fingerprint density at radius 3 is 3.20 bits per heavy atom. The highest BCUT2D eigenvalue weighted by molar-refractivity contribution is 5.28. The maximum atomic E-state index is 5.70. The van der Waals surface area contributed by atoms with Gasteiger partial charge in [0.25, 0.3) is 0 Å². The van der Waals surface area contributed by atoms with Gasteiger partial charge in [0.15, 0.2) is 0 Å². The van der Waals surface area contributed by atoms with E-state index in [0.29, 0.717) is 6.42 Å². The minimum atomic E-state index is 0.671. The lowest BCUT2D eigenvalue weighted by atomic mass is 10.3. The molecule has 1 aliphatic carbocycles. The van der Waals surface area contributed by atoms with E-state index in [4.69, 9.17) is 4.74 Å². The Morgan fingerprint density at radius 2 is 2.47 bits per heavy atom. The van der Waals surface area contributed by atoms with E-state index in [1.165, 1.54) is 0 Å². The summed E-state index contributed by atoms with van der Waals surface area (Å²) in [4.78, 5) is 0. The van der Waals surface area contributed by atoms with E-state index in [1.807, 2.05) is 37.3 Å². The topological polar surface area (TPSA) is 9.23 Å². The maximum Gasteiger partial charge on any atom is 0.122 e. The highest BCUT2D eigenvalue weighted by atomic mass is 16.5. The first-order valence-corrected chi connectivity index (χ1v) is 5.21. The third-order valence-corrected chi connectivity index (χ3v) is 1.88. The fourth-order valence-electron chi connectivity index (χ4n) is 1.10. The average molecular weight is 200 g/mol. The summed E-state index contributed by atoms with van der Waals surface area (Å²) in [6, 6.07) is 0. The molecule has 15 heavy (non-hydrogen) atoms. The Morgan fingerprint density at radius 1 is 1.60 bits per heavy atom. The van der Waals surface area contributed by atoms with E-state index >= 15 is 0 Å². The monoisotopic (exact) mass is 200 g/mol. The number of ether oxygens (including phenoxy) is 1. The fraction of sp³-hybridized carbons (Fsp3) is 0.286. The van der Waals surface area contributed by atoms with Crippen molar-refractivity contribution < 1.29 is 4.74 Å². The van der Waals surface area contributed by atoms with Crippen LogP contribution in [0.4, 0.5) is 0 Å². The van der Waals surface area contributed by atoms with E-state index in [1.54, 1.807) is 0 Å². The Hall–Kier alpha value is -1.68. The van der Waals surface area contributed by atoms with E-state index < -0.39 is 0 Å². The molecular formula is C14H16O. The van der Waals surface area contributed by atoms with Gasteiger partial charge in [0, 0.05) is 0 Å². The molecule has 0 amide bonds. The maximum absolute atomic E-state index is 5.70. The highest BCUT2D eigenvalue weighted by Crippen LogP contribution is 2.12. The lowest BCUT2D eigenvalue weighted by Gasteiger charge is -2.07. The van der Waals surface area contributed by atoms with E-state index in [-0.39, 0.29) is 0 Å². The molecule has 0 aliphatic heterocycles. The Bertz CT molecular complexity index is 370. The van der Waals surface area contributed by atoms with Crippen LogP contribution in [0.3, 0.4) is 0 Å². The predicted octanol–water partition coefficient (Wildman–Crippen LogP) is 3.72. The summed E-state index contributed by atoms with van der Waals surface area (Å²) < 4.78 is 5.70. The zero-order valence-corrected chi connectivity index (χ0v) is 9.29. The van der Waals surface area contributed by atoms with Crippen molar-refractivity contribution >= 4 is 0 Å². The van der Waals surface area contributed by atoms with Crippen molar-refractivity contribution in [1.29, 1.82) is 0 Å². The molecule has 0 atom stereocenters. The summed E-state index contributed by atoms with van der Waals surface area (Å²) in [5.74, 6) is 7.68. The van der Waals surface area contributed by atoms with E-state index in [2.05, 4.69) is 24.8 Å². The van der Waals surface area contributed by atoms with Crippen molar-refractivity contribution in [2.45, 2.75) is 26.7 Å². The van der Waals surface area contributed by atoms with Crippen LogP contribution in [0.15, 0.2) is 48.0 Å². The van der Waals surface area contributed by atoms with Crippen molar-refractivity contribution in [2.24, 2.45) is 0 Å². The number of hydrogen-bond acceptors (Lipinski definition) is 1. The molecule has 0 radical (unpaired) electrons. The van der Waals surface area contributed by atoms with Gasteiger partial charge in [-0.25, -0.2) is 0 Å². The quantitative estimate of drug-likeness (QED) is 0.382. The molecule has 1 rings (SSSR count). The molecule has 0 heterocycles. The molecule has 0 saturated carbocycles. The van der Waals surface area contributed by atoms with Crippen molar-refractivity contribution in [2.75, 3.05) is 0 Å². The smallest absolute Gasteiger partial charge is 0.122 e. The summed E-state index contributed by atoms with van der Waals surface area (Å²) in [6.07, 6.45) is 13.4. The van der Waals surface area contributed by atoms with Gasteiger partial charge in [0.2, 0.25) is 0 Å². The number of allylic oxidation sites excluding steroid dienone is 7. The lowest BCUT2D eigenvalue weighted by molar-refractivity contribution is 0.314. The van der Waals surface area contributed by atoms with Crippen LogP contribution >= 0.6 is 0 Å². The molecule has 1 aliphatic rings. The Kier molecular flexibility index (Phi) is 5.11. The van der Waals surface area contributed by atoms with Gasteiger partial charge < -0.3 is 4.74 Å². The summed E-state index contributed by atoms with van der Waals surface area (Å²) >= 11 is 0. The van der Waals surface area contributed by atoms with Crippen LogP contribution in [-0.2, 0) is 4.74 Å². The van der Waals surface area contributed by atoms with Crippen LogP contribution < -0.4 is 0 Å². The third-order valence-electron chi connectivity index (χ3n) is 1.88. The van der Waals surface area contributed by atoms with Gasteiger partial charge >= 0.3 is 0 Å².